The van der Waals surface area contributed by atoms with Gasteiger partial charge in [0.15, 0.2) is 5.67 Å². The fraction of sp³-hybridized carbons (Fsp3) is 0.645. The topological polar surface area (TPSA) is 92.5 Å². The number of halogens is 2. The van der Waals surface area contributed by atoms with E-state index in [9.17, 15) is 18.4 Å². The van der Waals surface area contributed by atoms with Gasteiger partial charge in [0, 0.05) is 27.8 Å². The zero-order valence-electron chi connectivity index (χ0n) is 26.4. The average molecular weight is 616 g/mol. The van der Waals surface area contributed by atoms with Crippen molar-refractivity contribution in [2.24, 2.45) is 5.73 Å². The minimum atomic E-state index is -2.10. The predicted octanol–water partition coefficient (Wildman–Crippen LogP) is 6.71. The van der Waals surface area contributed by atoms with E-state index < -0.39 is 22.4 Å². The second-order valence-electron chi connectivity index (χ2n) is 11.1. The molecule has 10 heteroatoms. The normalized spacial score (nSPS) is 16.5. The standard InChI is InChI=1S/C28H42F2N2O2S2.C2H6.CH3NO/c1-9-18(4)23(35)21-13-12-19(16-22(21)29)15-20-11-10-14-32(20)25(33)24(28(7,8)36-17(2)3)31-26(34)27(5,6)30;1-2;2-1-3/h12-13,16-17,20,24,35H,9-11,14-15H2,1-8H3,(H,31,34);1-2H3;1H,(H2,2,3)/b23-18-;;. The van der Waals surface area contributed by atoms with Crippen LogP contribution in [0, 0.1) is 5.82 Å². The molecule has 1 aliphatic rings. The van der Waals surface area contributed by atoms with Gasteiger partial charge in [-0.3, -0.25) is 14.4 Å². The van der Waals surface area contributed by atoms with Crippen molar-refractivity contribution in [1.29, 1.82) is 0 Å². The van der Waals surface area contributed by atoms with Gasteiger partial charge in [0.05, 0.1) is 0 Å². The van der Waals surface area contributed by atoms with Crippen molar-refractivity contribution in [2.75, 3.05) is 6.54 Å². The Kier molecular flexibility index (Phi) is 16.9. The number of carbonyl (C=O) groups is 3. The van der Waals surface area contributed by atoms with Gasteiger partial charge < -0.3 is 16.0 Å². The fourth-order valence-corrected chi connectivity index (χ4v) is 6.41. The lowest BCUT2D eigenvalue weighted by Gasteiger charge is -2.39. The molecule has 0 aliphatic carbocycles. The maximum atomic E-state index is 14.9. The highest BCUT2D eigenvalue weighted by Gasteiger charge is 2.44. The van der Waals surface area contributed by atoms with Crippen LogP contribution in [0.25, 0.3) is 4.91 Å². The highest BCUT2D eigenvalue weighted by atomic mass is 32.2. The quantitative estimate of drug-likeness (QED) is 0.202. The van der Waals surface area contributed by atoms with E-state index in [0.717, 1.165) is 30.4 Å². The number of nitrogens with zero attached hydrogens (tertiary/aromatic N) is 1. The summed E-state index contributed by atoms with van der Waals surface area (Å²) in [6.45, 7) is 18.8. The lowest BCUT2D eigenvalue weighted by Crippen LogP contribution is -2.60. The molecule has 234 valence electrons. The fourth-order valence-electron chi connectivity index (χ4n) is 4.56. The second kappa shape index (κ2) is 17.8. The van der Waals surface area contributed by atoms with E-state index >= 15 is 0 Å². The number of thioether (sulfide) groups is 1. The van der Waals surface area contributed by atoms with Crippen LogP contribution in [-0.2, 0) is 20.8 Å². The number of allylic oxidation sites excluding steroid dienone is 1. The van der Waals surface area contributed by atoms with E-state index in [-0.39, 0.29) is 29.4 Å². The Morgan fingerprint density at radius 3 is 2.27 bits per heavy atom. The summed E-state index contributed by atoms with van der Waals surface area (Å²) in [6, 6.07) is 4.16. The van der Waals surface area contributed by atoms with Crippen LogP contribution in [0.15, 0.2) is 23.8 Å². The summed E-state index contributed by atoms with van der Waals surface area (Å²) >= 11 is 6.07. The molecule has 2 rings (SSSR count). The highest BCUT2D eigenvalue weighted by Crippen LogP contribution is 2.35. The molecule has 1 aromatic rings. The Hall–Kier alpha value is -2.07. The maximum absolute atomic E-state index is 14.9. The summed E-state index contributed by atoms with van der Waals surface area (Å²) in [6.07, 6.45) is 3.16. The van der Waals surface area contributed by atoms with Gasteiger partial charge in [-0.15, -0.1) is 12.6 Å². The Morgan fingerprint density at radius 1 is 1.24 bits per heavy atom. The smallest absolute Gasteiger partial charge is 0.257 e. The molecule has 0 bridgehead atoms. The molecule has 0 aromatic heterocycles. The molecule has 6 nitrogen and oxygen atoms in total. The first kappa shape index (κ1) is 38.9. The van der Waals surface area contributed by atoms with E-state index in [4.69, 9.17) is 4.79 Å². The molecule has 1 aromatic carbocycles. The molecule has 3 amide bonds. The van der Waals surface area contributed by atoms with Gasteiger partial charge >= 0.3 is 0 Å². The Bertz CT molecular complexity index is 1040. The van der Waals surface area contributed by atoms with E-state index in [1.54, 1.807) is 22.7 Å². The lowest BCUT2D eigenvalue weighted by atomic mass is 9.97. The molecule has 0 spiro atoms. The number of rotatable bonds is 10. The number of likely N-dealkylation sites (tertiary alicyclic amines) is 1. The van der Waals surface area contributed by atoms with Gasteiger partial charge in [-0.2, -0.15) is 11.8 Å². The minimum Gasteiger partial charge on any atom is -0.372 e. The van der Waals surface area contributed by atoms with Crippen molar-refractivity contribution < 1.29 is 23.2 Å². The molecule has 1 aliphatic heterocycles. The third-order valence-corrected chi connectivity index (χ3v) is 8.59. The van der Waals surface area contributed by atoms with E-state index in [0.29, 0.717) is 23.4 Å². The van der Waals surface area contributed by atoms with Crippen LogP contribution < -0.4 is 11.1 Å². The van der Waals surface area contributed by atoms with Crippen molar-refractivity contribution in [3.8, 4) is 0 Å². The highest BCUT2D eigenvalue weighted by molar-refractivity contribution is 8.01. The number of alkyl halides is 1. The molecule has 41 heavy (non-hydrogen) atoms. The number of nitrogens with one attached hydrogen (secondary N) is 1. The van der Waals surface area contributed by atoms with Crippen LogP contribution in [0.2, 0.25) is 0 Å². The molecule has 0 saturated carbocycles. The molecular weight excluding hydrogens is 564 g/mol. The SMILES string of the molecule is CC.CC/C(C)=C(\S)c1ccc(CC2CCCN2C(=O)C(NC(=O)C(C)(C)F)C(C)(C)SC(C)C)cc1F.NC=O. The minimum absolute atomic E-state index is 0.121. The summed E-state index contributed by atoms with van der Waals surface area (Å²) in [7, 11) is 0. The maximum Gasteiger partial charge on any atom is 0.257 e. The molecule has 0 radical (unpaired) electrons. The number of primary amides is 1. The third-order valence-electron chi connectivity index (χ3n) is 6.65. The first-order chi connectivity index (χ1) is 19.0. The molecular formula is C31H51F2N3O3S2. The Balaban J connectivity index is 0.00000299. The van der Waals surface area contributed by atoms with E-state index in [2.05, 4.69) is 23.7 Å². The van der Waals surface area contributed by atoms with Crippen LogP contribution in [-0.4, -0.2) is 57.4 Å². The summed E-state index contributed by atoms with van der Waals surface area (Å²) in [5.74, 6) is -1.35. The van der Waals surface area contributed by atoms with Gasteiger partial charge in [0.2, 0.25) is 12.3 Å². The largest absolute Gasteiger partial charge is 0.372 e. The Morgan fingerprint density at radius 2 is 1.80 bits per heavy atom. The van der Waals surface area contributed by atoms with Crippen LogP contribution in [0.3, 0.4) is 0 Å². The molecule has 2 unspecified atom stereocenters. The van der Waals surface area contributed by atoms with Crippen LogP contribution >= 0.6 is 24.4 Å². The van der Waals surface area contributed by atoms with Crippen LogP contribution in [0.5, 0.6) is 0 Å². The first-order valence-electron chi connectivity index (χ1n) is 14.3. The number of hydrogen-bond acceptors (Lipinski definition) is 5. The summed E-state index contributed by atoms with van der Waals surface area (Å²) < 4.78 is 28.7. The number of thiol groups is 1. The van der Waals surface area contributed by atoms with Crippen molar-refractivity contribution in [1.82, 2.24) is 10.2 Å². The van der Waals surface area contributed by atoms with Gasteiger partial charge in [-0.1, -0.05) is 52.3 Å². The van der Waals surface area contributed by atoms with Crippen LogP contribution in [0.4, 0.5) is 8.78 Å². The number of carbonyl (C=O) groups excluding carboxylic acids is 3. The first-order valence-corrected chi connectivity index (χ1v) is 15.6. The zero-order valence-corrected chi connectivity index (χ0v) is 28.1. The molecule has 2 atom stereocenters. The predicted molar refractivity (Wildman–Crippen MR) is 172 cm³/mol. The van der Waals surface area contributed by atoms with Gasteiger partial charge in [-0.05, 0) is 77.2 Å². The summed E-state index contributed by atoms with van der Waals surface area (Å²) in [5.41, 5.74) is 4.36. The number of hydrogen-bond donors (Lipinski definition) is 3. The summed E-state index contributed by atoms with van der Waals surface area (Å²) in [4.78, 5) is 37.4. The van der Waals surface area contributed by atoms with Crippen molar-refractivity contribution >= 4 is 47.5 Å². The van der Waals surface area contributed by atoms with E-state index in [1.165, 1.54) is 19.9 Å². The van der Waals surface area contributed by atoms with Crippen molar-refractivity contribution in [3.05, 3.63) is 40.7 Å². The van der Waals surface area contributed by atoms with Crippen molar-refractivity contribution in [2.45, 2.75) is 123 Å². The van der Waals surface area contributed by atoms with Crippen molar-refractivity contribution in [3.63, 3.8) is 0 Å². The van der Waals surface area contributed by atoms with Crippen LogP contribution in [0.1, 0.15) is 99.6 Å². The van der Waals surface area contributed by atoms with E-state index in [1.807, 2.05) is 61.5 Å². The van der Waals surface area contributed by atoms with Gasteiger partial charge in [0.25, 0.3) is 5.91 Å². The molecule has 1 heterocycles. The summed E-state index contributed by atoms with van der Waals surface area (Å²) in [5, 5.41) is 2.92. The number of nitrogens with two attached hydrogens (primary N) is 1. The van der Waals surface area contributed by atoms with Gasteiger partial charge in [-0.25, -0.2) is 8.78 Å². The molecule has 3 N–H and O–H groups in total. The monoisotopic (exact) mass is 615 g/mol. The zero-order chi connectivity index (χ0) is 32.1. The molecule has 1 saturated heterocycles. The van der Waals surface area contributed by atoms with Gasteiger partial charge in [0.1, 0.15) is 11.9 Å². The third kappa shape index (κ3) is 12.0. The Labute approximate surface area is 256 Å². The number of amides is 3. The average Bonchev–Trinajstić information content (AvgIpc) is 3.34. The lowest BCUT2D eigenvalue weighted by molar-refractivity contribution is -0.140. The second-order valence-corrected chi connectivity index (χ2v) is 13.8. The molecule has 1 fully saturated rings. The number of benzene rings is 1.